The van der Waals surface area contributed by atoms with Gasteiger partial charge in [-0.1, -0.05) is 18.2 Å². The number of fused-ring (bicyclic) bond motifs is 1. The predicted molar refractivity (Wildman–Crippen MR) is 113 cm³/mol. The standard InChI is InChI=1S/C22H20N6O/c1-15-10-12-24-19-9-8-18(17-6-4-5-16(13-17)14-23)26-21(19)28(15)22(29)27-20-7-2-3-11-25-20/h2-9,11,13,15,24H,10,12H2,1H3,(H,25,27,29)/t15-/m1/s1. The lowest BCUT2D eigenvalue weighted by Gasteiger charge is -2.27. The molecule has 7 heteroatoms. The van der Waals surface area contributed by atoms with Gasteiger partial charge in [-0.05, 0) is 49.7 Å². The predicted octanol–water partition coefficient (Wildman–Crippen LogP) is 4.26. The van der Waals surface area contributed by atoms with Crippen LogP contribution < -0.4 is 15.5 Å². The normalized spacial score (nSPS) is 15.4. The molecule has 144 valence electrons. The van der Waals surface area contributed by atoms with Gasteiger partial charge < -0.3 is 5.32 Å². The van der Waals surface area contributed by atoms with E-state index in [-0.39, 0.29) is 12.1 Å². The van der Waals surface area contributed by atoms with E-state index < -0.39 is 0 Å². The van der Waals surface area contributed by atoms with E-state index in [1.54, 1.807) is 35.4 Å². The van der Waals surface area contributed by atoms with E-state index in [0.717, 1.165) is 24.2 Å². The maximum absolute atomic E-state index is 13.1. The number of rotatable bonds is 2. The number of nitriles is 1. The highest BCUT2D eigenvalue weighted by molar-refractivity contribution is 6.03. The average molecular weight is 384 g/mol. The van der Waals surface area contributed by atoms with Gasteiger partial charge in [0, 0.05) is 24.3 Å². The van der Waals surface area contributed by atoms with Gasteiger partial charge in [-0.3, -0.25) is 10.2 Å². The molecular formula is C22H20N6O. The molecule has 0 fully saturated rings. The van der Waals surface area contributed by atoms with Gasteiger partial charge >= 0.3 is 6.03 Å². The Balaban J connectivity index is 1.73. The minimum absolute atomic E-state index is 0.0549. The van der Waals surface area contributed by atoms with Gasteiger partial charge in [0.1, 0.15) is 5.82 Å². The zero-order valence-corrected chi connectivity index (χ0v) is 16.0. The Labute approximate surface area is 169 Å². The van der Waals surface area contributed by atoms with E-state index in [4.69, 9.17) is 4.98 Å². The third-order valence-electron chi connectivity index (χ3n) is 4.83. The topological polar surface area (TPSA) is 93.9 Å². The fourth-order valence-electron chi connectivity index (χ4n) is 3.34. The number of amides is 2. The van der Waals surface area contributed by atoms with Crippen molar-refractivity contribution in [1.82, 2.24) is 9.97 Å². The second kappa shape index (κ2) is 7.98. The summed E-state index contributed by atoms with van der Waals surface area (Å²) in [5, 5.41) is 15.4. The molecule has 0 spiro atoms. The summed E-state index contributed by atoms with van der Waals surface area (Å²) in [7, 11) is 0. The third-order valence-corrected chi connectivity index (χ3v) is 4.83. The summed E-state index contributed by atoms with van der Waals surface area (Å²) in [5.41, 5.74) is 2.89. The van der Waals surface area contributed by atoms with E-state index in [1.807, 2.05) is 37.3 Å². The zero-order chi connectivity index (χ0) is 20.2. The number of aromatic nitrogens is 2. The fraction of sp³-hybridized carbons (Fsp3) is 0.182. The average Bonchev–Trinajstić information content (AvgIpc) is 2.92. The number of pyridine rings is 2. The highest BCUT2D eigenvalue weighted by Gasteiger charge is 2.28. The molecule has 3 aromatic rings. The molecule has 2 amide bonds. The molecule has 3 heterocycles. The molecule has 1 atom stereocenters. The van der Waals surface area contributed by atoms with Crippen molar-refractivity contribution >= 4 is 23.4 Å². The lowest BCUT2D eigenvalue weighted by Crippen LogP contribution is -2.42. The van der Waals surface area contributed by atoms with Crippen LogP contribution in [0.5, 0.6) is 0 Å². The Morgan fingerprint density at radius 3 is 2.93 bits per heavy atom. The number of benzene rings is 1. The Kier molecular flexibility index (Phi) is 5.08. The van der Waals surface area contributed by atoms with Crippen LogP contribution in [-0.2, 0) is 0 Å². The maximum atomic E-state index is 13.1. The van der Waals surface area contributed by atoms with Gasteiger partial charge in [-0.15, -0.1) is 0 Å². The lowest BCUT2D eigenvalue weighted by molar-refractivity contribution is 0.255. The summed E-state index contributed by atoms with van der Waals surface area (Å²) in [6.45, 7) is 2.74. The maximum Gasteiger partial charge on any atom is 0.328 e. The number of anilines is 3. The number of hydrogen-bond donors (Lipinski definition) is 2. The third kappa shape index (κ3) is 3.87. The molecule has 1 aliphatic heterocycles. The van der Waals surface area contributed by atoms with Crippen molar-refractivity contribution in [3.8, 4) is 17.3 Å². The lowest BCUT2D eigenvalue weighted by atomic mass is 10.1. The molecule has 0 saturated heterocycles. The van der Waals surface area contributed by atoms with Gasteiger partial charge in [0.05, 0.1) is 23.0 Å². The van der Waals surface area contributed by atoms with Crippen molar-refractivity contribution < 1.29 is 4.79 Å². The van der Waals surface area contributed by atoms with E-state index >= 15 is 0 Å². The van der Waals surface area contributed by atoms with Crippen LogP contribution in [0, 0.1) is 11.3 Å². The van der Waals surface area contributed by atoms with Crippen LogP contribution in [0.4, 0.5) is 22.1 Å². The summed E-state index contributed by atoms with van der Waals surface area (Å²) >= 11 is 0. The van der Waals surface area contributed by atoms with Crippen LogP contribution in [0.15, 0.2) is 60.8 Å². The Bertz CT molecular complexity index is 1080. The number of hydrogen-bond acceptors (Lipinski definition) is 5. The monoisotopic (exact) mass is 384 g/mol. The first-order chi connectivity index (χ1) is 14.2. The van der Waals surface area contributed by atoms with Crippen molar-refractivity contribution in [3.05, 3.63) is 66.4 Å². The minimum atomic E-state index is -0.281. The van der Waals surface area contributed by atoms with Crippen molar-refractivity contribution in [2.75, 3.05) is 22.1 Å². The van der Waals surface area contributed by atoms with Crippen LogP contribution in [-0.4, -0.2) is 28.6 Å². The van der Waals surface area contributed by atoms with E-state index in [0.29, 0.717) is 22.9 Å². The second-order valence-electron chi connectivity index (χ2n) is 6.84. The summed E-state index contributed by atoms with van der Waals surface area (Å²) in [6.07, 6.45) is 2.42. The van der Waals surface area contributed by atoms with E-state index in [2.05, 4.69) is 21.7 Å². The van der Waals surface area contributed by atoms with Gasteiger partial charge in [0.25, 0.3) is 0 Å². The summed E-state index contributed by atoms with van der Waals surface area (Å²) in [4.78, 5) is 23.7. The van der Waals surface area contributed by atoms with Crippen molar-refractivity contribution in [2.45, 2.75) is 19.4 Å². The first kappa shape index (κ1) is 18.4. The molecule has 0 aliphatic carbocycles. The Morgan fingerprint density at radius 2 is 2.14 bits per heavy atom. The number of nitrogens with one attached hydrogen (secondary N) is 2. The first-order valence-electron chi connectivity index (χ1n) is 9.42. The molecular weight excluding hydrogens is 364 g/mol. The van der Waals surface area contributed by atoms with Gasteiger partial charge in [0.15, 0.2) is 5.82 Å². The molecule has 1 aliphatic rings. The largest absolute Gasteiger partial charge is 0.382 e. The minimum Gasteiger partial charge on any atom is -0.382 e. The molecule has 1 aromatic carbocycles. The molecule has 0 unspecified atom stereocenters. The van der Waals surface area contributed by atoms with Crippen LogP contribution in [0.2, 0.25) is 0 Å². The molecule has 0 saturated carbocycles. The first-order valence-corrected chi connectivity index (χ1v) is 9.42. The Morgan fingerprint density at radius 1 is 1.24 bits per heavy atom. The van der Waals surface area contributed by atoms with Crippen molar-refractivity contribution in [3.63, 3.8) is 0 Å². The summed E-state index contributed by atoms with van der Waals surface area (Å²) < 4.78 is 0. The molecule has 29 heavy (non-hydrogen) atoms. The number of nitrogens with zero attached hydrogens (tertiary/aromatic N) is 4. The van der Waals surface area contributed by atoms with Crippen LogP contribution in [0.3, 0.4) is 0 Å². The van der Waals surface area contributed by atoms with Crippen LogP contribution in [0.1, 0.15) is 18.9 Å². The van der Waals surface area contributed by atoms with Gasteiger partial charge in [-0.25, -0.2) is 14.8 Å². The molecule has 0 radical (unpaired) electrons. The van der Waals surface area contributed by atoms with E-state index in [9.17, 15) is 10.1 Å². The smallest absolute Gasteiger partial charge is 0.328 e. The number of carbonyl (C=O) groups excluding carboxylic acids is 1. The SMILES string of the molecule is C[C@@H]1CCNc2ccc(-c3cccc(C#N)c3)nc2N1C(=O)Nc1ccccn1. The van der Waals surface area contributed by atoms with E-state index in [1.165, 1.54) is 0 Å². The molecule has 0 bridgehead atoms. The van der Waals surface area contributed by atoms with Gasteiger partial charge in [-0.2, -0.15) is 5.26 Å². The number of urea groups is 1. The van der Waals surface area contributed by atoms with Crippen LogP contribution in [0.25, 0.3) is 11.3 Å². The zero-order valence-electron chi connectivity index (χ0n) is 16.0. The molecule has 2 aromatic heterocycles. The Hall–Kier alpha value is -3.92. The van der Waals surface area contributed by atoms with Crippen molar-refractivity contribution in [2.24, 2.45) is 0 Å². The quantitative estimate of drug-likeness (QED) is 0.689. The highest BCUT2D eigenvalue weighted by atomic mass is 16.2. The fourth-order valence-corrected chi connectivity index (χ4v) is 3.34. The van der Waals surface area contributed by atoms with Crippen molar-refractivity contribution in [1.29, 1.82) is 5.26 Å². The summed E-state index contributed by atoms with van der Waals surface area (Å²) in [5.74, 6) is 1.05. The van der Waals surface area contributed by atoms with Crippen LogP contribution >= 0.6 is 0 Å². The molecule has 2 N–H and O–H groups in total. The second-order valence-corrected chi connectivity index (χ2v) is 6.84. The molecule has 4 rings (SSSR count). The highest BCUT2D eigenvalue weighted by Crippen LogP contribution is 2.32. The number of carbonyl (C=O) groups is 1. The summed E-state index contributed by atoms with van der Waals surface area (Å²) in [6, 6.07) is 18.3. The molecule has 7 nitrogen and oxygen atoms in total. The van der Waals surface area contributed by atoms with Gasteiger partial charge in [0.2, 0.25) is 0 Å².